The maximum Gasteiger partial charge on any atom is 0.156 e. The third-order valence-electron chi connectivity index (χ3n) is 3.00. The van der Waals surface area contributed by atoms with Gasteiger partial charge in [0.2, 0.25) is 0 Å². The van der Waals surface area contributed by atoms with Crippen molar-refractivity contribution in [2.45, 2.75) is 46.1 Å². The number of rotatable bonds is 6. The lowest BCUT2D eigenvalue weighted by molar-refractivity contribution is 0.217. The van der Waals surface area contributed by atoms with Gasteiger partial charge < -0.3 is 4.74 Å². The summed E-state index contributed by atoms with van der Waals surface area (Å²) in [5.74, 6) is 1.77. The van der Waals surface area contributed by atoms with E-state index in [0.717, 1.165) is 36.5 Å². The Morgan fingerprint density at radius 2 is 1.95 bits per heavy atom. The first-order chi connectivity index (χ1) is 9.24. The molecule has 2 rings (SSSR count). The third-order valence-corrected chi connectivity index (χ3v) is 3.00. The van der Waals surface area contributed by atoms with Crippen LogP contribution < -0.4 is 4.74 Å². The van der Waals surface area contributed by atoms with Gasteiger partial charge in [0, 0.05) is 6.42 Å². The van der Waals surface area contributed by atoms with E-state index in [1.54, 1.807) is 4.68 Å². The van der Waals surface area contributed by atoms with Gasteiger partial charge in [-0.15, -0.1) is 5.10 Å². The van der Waals surface area contributed by atoms with Gasteiger partial charge in [-0.2, -0.15) is 4.68 Å². The molecule has 1 aromatic carbocycles. The van der Waals surface area contributed by atoms with Crippen LogP contribution in [0.25, 0.3) is 5.69 Å². The first-order valence-electron chi connectivity index (χ1n) is 6.79. The number of aryl methyl sites for hydroxylation is 1. The molecule has 0 saturated carbocycles. The molecule has 0 aliphatic rings. The number of hydrogen-bond acceptors (Lipinski definition) is 4. The molecule has 0 N–H and O–H groups in total. The Morgan fingerprint density at radius 1 is 1.21 bits per heavy atom. The lowest BCUT2D eigenvalue weighted by Crippen LogP contribution is -2.09. The van der Waals surface area contributed by atoms with Gasteiger partial charge in [-0.25, -0.2) is 0 Å². The summed E-state index contributed by atoms with van der Waals surface area (Å²) in [6.45, 7) is 6.29. The van der Waals surface area contributed by atoms with Gasteiger partial charge in [0.1, 0.15) is 5.75 Å². The van der Waals surface area contributed by atoms with Crippen LogP contribution in [0.5, 0.6) is 5.75 Å². The molecule has 0 fully saturated rings. The molecule has 19 heavy (non-hydrogen) atoms. The molecule has 1 heterocycles. The molecule has 102 valence electrons. The highest BCUT2D eigenvalue weighted by molar-refractivity contribution is 5.37. The Labute approximate surface area is 113 Å². The van der Waals surface area contributed by atoms with E-state index in [9.17, 15) is 0 Å². The molecule has 5 heteroatoms. The minimum Gasteiger partial charge on any atom is -0.491 e. The van der Waals surface area contributed by atoms with Crippen molar-refractivity contribution < 1.29 is 4.74 Å². The molecule has 0 spiro atoms. The van der Waals surface area contributed by atoms with Crippen molar-refractivity contribution in [3.8, 4) is 11.4 Å². The van der Waals surface area contributed by atoms with E-state index in [1.807, 2.05) is 24.3 Å². The molecule has 0 bridgehead atoms. The Hall–Kier alpha value is -1.91. The number of nitrogens with zero attached hydrogens (tertiary/aromatic N) is 4. The first kappa shape index (κ1) is 13.5. The molecule has 2 aromatic rings. The molecule has 0 saturated heterocycles. The second-order valence-corrected chi connectivity index (χ2v) is 4.59. The van der Waals surface area contributed by atoms with E-state index in [2.05, 4.69) is 36.3 Å². The summed E-state index contributed by atoms with van der Waals surface area (Å²) in [5.41, 5.74) is 0.963. The third kappa shape index (κ3) is 3.30. The average Bonchev–Trinajstić information content (AvgIpc) is 2.88. The minimum atomic E-state index is 0.231. The van der Waals surface area contributed by atoms with Crippen LogP contribution in [0.15, 0.2) is 24.3 Å². The van der Waals surface area contributed by atoms with Gasteiger partial charge in [-0.3, -0.25) is 0 Å². The summed E-state index contributed by atoms with van der Waals surface area (Å²) in [5, 5.41) is 11.8. The Bertz CT molecular complexity index is 506. The zero-order chi connectivity index (χ0) is 13.7. The van der Waals surface area contributed by atoms with Crippen molar-refractivity contribution in [2.75, 3.05) is 0 Å². The number of tetrazole rings is 1. The van der Waals surface area contributed by atoms with Gasteiger partial charge in [0.25, 0.3) is 0 Å². The predicted molar refractivity (Wildman–Crippen MR) is 73.5 cm³/mol. The van der Waals surface area contributed by atoms with Crippen LogP contribution in [0.4, 0.5) is 0 Å². The average molecular weight is 260 g/mol. The van der Waals surface area contributed by atoms with Gasteiger partial charge >= 0.3 is 0 Å². The topological polar surface area (TPSA) is 52.8 Å². The second kappa shape index (κ2) is 6.31. The zero-order valence-corrected chi connectivity index (χ0v) is 11.7. The van der Waals surface area contributed by atoms with Crippen molar-refractivity contribution in [2.24, 2.45) is 0 Å². The normalized spacial score (nSPS) is 12.4. The highest BCUT2D eigenvalue weighted by atomic mass is 16.5. The van der Waals surface area contributed by atoms with E-state index < -0.39 is 0 Å². The van der Waals surface area contributed by atoms with Crippen molar-refractivity contribution in [3.05, 3.63) is 30.1 Å². The maximum absolute atomic E-state index is 5.75. The maximum atomic E-state index is 5.75. The van der Waals surface area contributed by atoms with Crippen LogP contribution in [0.3, 0.4) is 0 Å². The zero-order valence-electron chi connectivity index (χ0n) is 11.7. The lowest BCUT2D eigenvalue weighted by Gasteiger charge is -2.12. The lowest BCUT2D eigenvalue weighted by atomic mass is 10.2. The summed E-state index contributed by atoms with van der Waals surface area (Å²) in [6, 6.07) is 7.87. The van der Waals surface area contributed by atoms with Crippen molar-refractivity contribution in [3.63, 3.8) is 0 Å². The summed E-state index contributed by atoms with van der Waals surface area (Å²) in [6.07, 6.45) is 3.12. The molecule has 0 amide bonds. The molecular weight excluding hydrogens is 240 g/mol. The van der Waals surface area contributed by atoms with Gasteiger partial charge in [-0.05, 0) is 54.5 Å². The highest BCUT2D eigenvalue weighted by Gasteiger charge is 2.07. The van der Waals surface area contributed by atoms with Crippen LogP contribution in [-0.2, 0) is 6.42 Å². The van der Waals surface area contributed by atoms with Gasteiger partial charge in [0.15, 0.2) is 5.82 Å². The van der Waals surface area contributed by atoms with Crippen LogP contribution in [0, 0.1) is 0 Å². The van der Waals surface area contributed by atoms with E-state index in [1.165, 1.54) is 0 Å². The van der Waals surface area contributed by atoms with Crippen molar-refractivity contribution in [1.82, 2.24) is 20.2 Å². The molecule has 1 atom stereocenters. The molecule has 0 aliphatic carbocycles. The number of benzene rings is 1. The Kier molecular flexibility index (Phi) is 4.49. The fraction of sp³-hybridized carbons (Fsp3) is 0.500. The summed E-state index contributed by atoms with van der Waals surface area (Å²) < 4.78 is 7.53. The Morgan fingerprint density at radius 3 is 2.58 bits per heavy atom. The second-order valence-electron chi connectivity index (χ2n) is 4.59. The predicted octanol–water partition coefficient (Wildman–Crippen LogP) is 2.79. The highest BCUT2D eigenvalue weighted by Crippen LogP contribution is 2.17. The first-order valence-corrected chi connectivity index (χ1v) is 6.79. The number of ether oxygens (including phenoxy) is 1. The van der Waals surface area contributed by atoms with Crippen LogP contribution in [-0.4, -0.2) is 26.3 Å². The molecular formula is C14H20N4O. The van der Waals surface area contributed by atoms with Crippen molar-refractivity contribution in [1.29, 1.82) is 0 Å². The van der Waals surface area contributed by atoms with Crippen molar-refractivity contribution >= 4 is 0 Å². The largest absolute Gasteiger partial charge is 0.491 e. The van der Waals surface area contributed by atoms with Gasteiger partial charge in [0.05, 0.1) is 11.8 Å². The van der Waals surface area contributed by atoms with Gasteiger partial charge in [-0.1, -0.05) is 13.8 Å². The monoisotopic (exact) mass is 260 g/mol. The fourth-order valence-corrected chi connectivity index (χ4v) is 1.77. The standard InChI is InChI=1S/C14H20N4O/c1-4-6-14-15-16-17-18(14)12-7-9-13(10-8-12)19-11(3)5-2/h7-11H,4-6H2,1-3H3. The smallest absolute Gasteiger partial charge is 0.156 e. The van der Waals surface area contributed by atoms with E-state index >= 15 is 0 Å². The van der Waals surface area contributed by atoms with Crippen LogP contribution in [0.2, 0.25) is 0 Å². The summed E-state index contributed by atoms with van der Waals surface area (Å²) in [7, 11) is 0. The van der Waals surface area contributed by atoms with E-state index in [0.29, 0.717) is 0 Å². The minimum absolute atomic E-state index is 0.231. The molecule has 1 unspecified atom stereocenters. The van der Waals surface area contributed by atoms with E-state index in [-0.39, 0.29) is 6.10 Å². The fourth-order valence-electron chi connectivity index (χ4n) is 1.77. The van der Waals surface area contributed by atoms with E-state index in [4.69, 9.17) is 4.74 Å². The molecule has 0 aliphatic heterocycles. The Balaban J connectivity index is 2.15. The number of hydrogen-bond donors (Lipinski definition) is 0. The van der Waals surface area contributed by atoms with Crippen LogP contribution in [0.1, 0.15) is 39.4 Å². The summed E-state index contributed by atoms with van der Waals surface area (Å²) in [4.78, 5) is 0. The molecule has 0 radical (unpaired) electrons. The molecule has 5 nitrogen and oxygen atoms in total. The van der Waals surface area contributed by atoms with Crippen LogP contribution >= 0.6 is 0 Å². The molecule has 1 aromatic heterocycles. The SMILES string of the molecule is CCCc1nnnn1-c1ccc(OC(C)CC)cc1. The quantitative estimate of drug-likeness (QED) is 0.801. The number of aromatic nitrogens is 4. The summed E-state index contributed by atoms with van der Waals surface area (Å²) >= 11 is 0.